The van der Waals surface area contributed by atoms with Crippen molar-refractivity contribution < 1.29 is 23.8 Å². The lowest BCUT2D eigenvalue weighted by Gasteiger charge is -2.28. The van der Waals surface area contributed by atoms with Crippen molar-refractivity contribution in [3.63, 3.8) is 0 Å². The monoisotopic (exact) mass is 447 g/mol. The predicted molar refractivity (Wildman–Crippen MR) is 122 cm³/mol. The molecule has 1 amide bonds. The average Bonchev–Trinajstić information content (AvgIpc) is 2.77. The lowest BCUT2D eigenvalue weighted by molar-refractivity contribution is -0.139. The van der Waals surface area contributed by atoms with Crippen molar-refractivity contribution in [2.75, 3.05) is 18.5 Å². The number of allylic oxidation sites excluding steroid dienone is 2. The van der Waals surface area contributed by atoms with Gasteiger partial charge in [0.1, 0.15) is 23.2 Å². The van der Waals surface area contributed by atoms with E-state index in [9.17, 15) is 14.9 Å². The Morgan fingerprint density at radius 3 is 2.64 bits per heavy atom. The van der Waals surface area contributed by atoms with Gasteiger partial charge >= 0.3 is 5.97 Å². The van der Waals surface area contributed by atoms with Gasteiger partial charge in [0, 0.05) is 11.3 Å². The zero-order valence-corrected chi connectivity index (χ0v) is 18.7. The Kier molecular flexibility index (Phi) is 7.36. The Morgan fingerprint density at radius 2 is 1.94 bits per heavy atom. The first-order valence-corrected chi connectivity index (χ1v) is 10.4. The number of nitrogens with two attached hydrogens (primary N) is 1. The summed E-state index contributed by atoms with van der Waals surface area (Å²) in [5.41, 5.74) is 8.34. The van der Waals surface area contributed by atoms with E-state index in [1.807, 2.05) is 31.2 Å². The summed E-state index contributed by atoms with van der Waals surface area (Å²) in [5, 5.41) is 12.5. The van der Waals surface area contributed by atoms with Gasteiger partial charge < -0.3 is 25.3 Å². The van der Waals surface area contributed by atoms with Gasteiger partial charge in [-0.3, -0.25) is 4.79 Å². The molecule has 33 heavy (non-hydrogen) atoms. The maximum absolute atomic E-state index is 12.7. The van der Waals surface area contributed by atoms with Crippen LogP contribution < -0.4 is 15.8 Å². The number of nitrogens with one attached hydrogen (secondary N) is 1. The fourth-order valence-corrected chi connectivity index (χ4v) is 3.58. The zero-order valence-electron chi connectivity index (χ0n) is 18.7. The van der Waals surface area contributed by atoms with Crippen LogP contribution in [-0.4, -0.2) is 25.1 Å². The fraction of sp³-hybridized carbons (Fsp3) is 0.240. The molecule has 0 radical (unpaired) electrons. The highest BCUT2D eigenvalue weighted by atomic mass is 16.5. The van der Waals surface area contributed by atoms with Crippen LogP contribution in [0.1, 0.15) is 30.9 Å². The molecular weight excluding hydrogens is 422 g/mol. The molecular formula is C25H25N3O5. The van der Waals surface area contributed by atoms with E-state index in [2.05, 4.69) is 5.32 Å². The van der Waals surface area contributed by atoms with Crippen molar-refractivity contribution in [2.45, 2.75) is 26.7 Å². The summed E-state index contributed by atoms with van der Waals surface area (Å²) in [4.78, 5) is 25.2. The summed E-state index contributed by atoms with van der Waals surface area (Å²) < 4.78 is 16.4. The van der Waals surface area contributed by atoms with E-state index in [1.54, 1.807) is 44.2 Å². The highest BCUT2D eigenvalue weighted by molar-refractivity contribution is 5.93. The molecule has 0 fully saturated rings. The first-order chi connectivity index (χ1) is 15.8. The number of nitrogens with zero attached hydrogens (tertiary/aromatic N) is 1. The summed E-state index contributed by atoms with van der Waals surface area (Å²) in [6, 6.07) is 16.3. The van der Waals surface area contributed by atoms with Gasteiger partial charge in [-0.25, -0.2) is 4.79 Å². The van der Waals surface area contributed by atoms with Gasteiger partial charge in [0.2, 0.25) is 5.88 Å². The van der Waals surface area contributed by atoms with Crippen LogP contribution in [0.3, 0.4) is 0 Å². The smallest absolute Gasteiger partial charge is 0.338 e. The van der Waals surface area contributed by atoms with E-state index in [-0.39, 0.29) is 41.9 Å². The van der Waals surface area contributed by atoms with E-state index < -0.39 is 11.9 Å². The fourth-order valence-electron chi connectivity index (χ4n) is 3.58. The van der Waals surface area contributed by atoms with Crippen LogP contribution >= 0.6 is 0 Å². The van der Waals surface area contributed by atoms with Crippen molar-refractivity contribution in [1.29, 1.82) is 5.26 Å². The Hall–Kier alpha value is -4.25. The normalized spacial score (nSPS) is 15.4. The maximum Gasteiger partial charge on any atom is 0.338 e. The van der Waals surface area contributed by atoms with Crippen molar-refractivity contribution in [2.24, 2.45) is 5.73 Å². The molecule has 1 atom stereocenters. The molecule has 0 saturated heterocycles. The summed E-state index contributed by atoms with van der Waals surface area (Å²) in [6.45, 7) is 5.08. The van der Waals surface area contributed by atoms with Crippen LogP contribution in [-0.2, 0) is 19.1 Å². The molecule has 0 saturated carbocycles. The van der Waals surface area contributed by atoms with Gasteiger partial charge in [-0.1, -0.05) is 30.3 Å². The van der Waals surface area contributed by atoms with Crippen LogP contribution in [0.5, 0.6) is 5.75 Å². The Morgan fingerprint density at radius 1 is 1.18 bits per heavy atom. The molecule has 170 valence electrons. The standard InChI is InChI=1S/C25H25N3O5/c1-4-31-25(30)22-16(3)33-24(27)19(13-26)23(22)18-10-5-6-11-20(18)32-14-21(29)28-17-9-7-8-15(2)12-17/h5-12,23H,4,14,27H2,1-3H3,(H,28,29). The molecule has 1 unspecified atom stereocenters. The molecule has 0 spiro atoms. The number of ether oxygens (including phenoxy) is 3. The van der Waals surface area contributed by atoms with Crippen LogP contribution in [0.4, 0.5) is 5.69 Å². The van der Waals surface area contributed by atoms with Gasteiger partial charge in [-0.05, 0) is 44.5 Å². The van der Waals surface area contributed by atoms with E-state index in [1.165, 1.54) is 0 Å². The molecule has 2 aromatic carbocycles. The highest BCUT2D eigenvalue weighted by Crippen LogP contribution is 2.42. The molecule has 1 aliphatic rings. The number of amides is 1. The third-order valence-corrected chi connectivity index (χ3v) is 4.99. The molecule has 0 aromatic heterocycles. The first-order valence-electron chi connectivity index (χ1n) is 10.4. The Balaban J connectivity index is 1.90. The largest absolute Gasteiger partial charge is 0.483 e. The number of hydrogen-bond acceptors (Lipinski definition) is 7. The number of benzene rings is 2. The summed E-state index contributed by atoms with van der Waals surface area (Å²) >= 11 is 0. The first kappa shape index (κ1) is 23.4. The molecule has 2 aromatic rings. The number of anilines is 1. The third kappa shape index (κ3) is 5.33. The van der Waals surface area contributed by atoms with Gasteiger partial charge in [0.25, 0.3) is 5.91 Å². The van der Waals surface area contributed by atoms with E-state index in [0.29, 0.717) is 17.0 Å². The van der Waals surface area contributed by atoms with Crippen LogP contribution in [0.15, 0.2) is 71.3 Å². The molecule has 8 heteroatoms. The van der Waals surface area contributed by atoms with Crippen molar-refractivity contribution in [3.05, 3.63) is 82.4 Å². The molecule has 1 heterocycles. The number of hydrogen-bond donors (Lipinski definition) is 2. The Bertz CT molecular complexity index is 1180. The van der Waals surface area contributed by atoms with Gasteiger partial charge in [0.05, 0.1) is 18.1 Å². The molecule has 0 bridgehead atoms. The Labute approximate surface area is 192 Å². The molecule has 1 aliphatic heterocycles. The van der Waals surface area contributed by atoms with Crippen molar-refractivity contribution in [1.82, 2.24) is 0 Å². The lowest BCUT2D eigenvalue weighted by Crippen LogP contribution is -2.26. The SMILES string of the molecule is CCOC(=O)C1=C(C)OC(N)=C(C#N)C1c1ccccc1OCC(=O)Nc1cccc(C)c1. The number of rotatable bonds is 7. The molecule has 8 nitrogen and oxygen atoms in total. The lowest BCUT2D eigenvalue weighted by atomic mass is 9.82. The van der Waals surface area contributed by atoms with Crippen LogP contribution in [0.25, 0.3) is 0 Å². The number of esters is 1. The zero-order chi connectivity index (χ0) is 24.0. The van der Waals surface area contributed by atoms with Gasteiger partial charge in [-0.15, -0.1) is 0 Å². The number of carbonyl (C=O) groups is 2. The van der Waals surface area contributed by atoms with Gasteiger partial charge in [-0.2, -0.15) is 5.26 Å². The van der Waals surface area contributed by atoms with Crippen molar-refractivity contribution >= 4 is 17.6 Å². The summed E-state index contributed by atoms with van der Waals surface area (Å²) in [5.74, 6) is -1.36. The molecule has 3 rings (SSSR count). The number of para-hydroxylation sites is 1. The van der Waals surface area contributed by atoms with E-state index in [0.717, 1.165) is 5.56 Å². The van der Waals surface area contributed by atoms with Crippen molar-refractivity contribution in [3.8, 4) is 11.8 Å². The second kappa shape index (κ2) is 10.4. The maximum atomic E-state index is 12.7. The predicted octanol–water partition coefficient (Wildman–Crippen LogP) is 3.66. The topological polar surface area (TPSA) is 124 Å². The summed E-state index contributed by atoms with van der Waals surface area (Å²) in [7, 11) is 0. The minimum Gasteiger partial charge on any atom is -0.483 e. The van der Waals surface area contributed by atoms with E-state index in [4.69, 9.17) is 19.9 Å². The summed E-state index contributed by atoms with van der Waals surface area (Å²) in [6.07, 6.45) is 0. The number of aryl methyl sites for hydroxylation is 1. The minimum absolute atomic E-state index is 0.0592. The molecule has 3 N–H and O–H groups in total. The third-order valence-electron chi connectivity index (χ3n) is 4.99. The van der Waals surface area contributed by atoms with Gasteiger partial charge in [0.15, 0.2) is 6.61 Å². The quantitative estimate of drug-likeness (QED) is 0.621. The second-order valence-corrected chi connectivity index (χ2v) is 7.36. The van der Waals surface area contributed by atoms with Crippen LogP contribution in [0.2, 0.25) is 0 Å². The highest BCUT2D eigenvalue weighted by Gasteiger charge is 2.37. The van der Waals surface area contributed by atoms with Crippen LogP contribution in [0, 0.1) is 18.3 Å². The number of nitriles is 1. The minimum atomic E-state index is -0.862. The number of carbonyl (C=O) groups excluding carboxylic acids is 2. The van der Waals surface area contributed by atoms with E-state index >= 15 is 0 Å². The molecule has 0 aliphatic carbocycles. The second-order valence-electron chi connectivity index (χ2n) is 7.36. The average molecular weight is 447 g/mol.